The first-order valence-corrected chi connectivity index (χ1v) is 22.7. The van der Waals surface area contributed by atoms with Gasteiger partial charge >= 0.3 is 0 Å². The number of aromatic nitrogens is 1. The monoisotopic (exact) mass is 835 g/mol. The predicted octanol–water partition coefficient (Wildman–Crippen LogP) is 6.67. The Bertz CT molecular complexity index is 2110. The lowest BCUT2D eigenvalue weighted by Gasteiger charge is -2.33. The summed E-state index contributed by atoms with van der Waals surface area (Å²) in [6.45, 7) is 14.2. The van der Waals surface area contributed by atoms with Crippen LogP contribution < -0.4 is 14.4 Å². The quantitative estimate of drug-likeness (QED) is 0.277. The highest BCUT2D eigenvalue weighted by molar-refractivity contribution is 7.93. The number of aliphatic hydroxyl groups excluding tert-OH is 1. The number of allylic oxidation sites excluding steroid dienone is 1. The number of benzene rings is 2. The standard InChI is InChI=1S/C44H58ClN5O7S/c1-29-8-7-10-41(51)31(3)30(2)23-50-24-35-11-13-37(45)20-33(35)9-5-6-17-56-42-14-12-34(22-40(42)50)43(52)46-58(54,32(29)4)47-44(53)36-21-38-28-57-39(27-49(38)25-36)26-48-15-18-55-19-16-48/h7,10-14,20-22,25,29-32,39,41,51H,5-6,8-9,15-19,23-24,26-28H2,1-4H3,(H,46,47,52,53,54)/b10-7+/t29-,30-,31+,32+,39-,41-,58?/m0/s1. The molecule has 0 saturated carbocycles. The minimum Gasteiger partial charge on any atom is -0.491 e. The van der Waals surface area contributed by atoms with Crippen molar-refractivity contribution in [3.8, 4) is 5.75 Å². The molecule has 7 atom stereocenters. The molecule has 2 amide bonds. The van der Waals surface area contributed by atoms with Gasteiger partial charge in [-0.05, 0) is 97.9 Å². The van der Waals surface area contributed by atoms with Gasteiger partial charge in [0.1, 0.15) is 15.7 Å². The number of nitrogens with one attached hydrogen (secondary N) is 1. The topological polar surface area (TPSA) is 135 Å². The van der Waals surface area contributed by atoms with Crippen LogP contribution in [0.2, 0.25) is 5.02 Å². The van der Waals surface area contributed by atoms with Crippen LogP contribution in [0.3, 0.4) is 0 Å². The van der Waals surface area contributed by atoms with Crippen molar-refractivity contribution in [3.05, 3.63) is 93.8 Å². The van der Waals surface area contributed by atoms with E-state index in [-0.39, 0.29) is 29.4 Å². The van der Waals surface area contributed by atoms with Gasteiger partial charge in [0, 0.05) is 61.7 Å². The second-order valence-electron chi connectivity index (χ2n) is 16.6. The molecule has 0 aliphatic carbocycles. The number of halogens is 1. The Morgan fingerprint density at radius 3 is 2.62 bits per heavy atom. The Balaban J connectivity index is 1.23. The number of ether oxygens (including phenoxy) is 3. The van der Waals surface area contributed by atoms with E-state index in [9.17, 15) is 14.7 Å². The SMILES string of the molecule is C[C@H]1[C@@H](O)/C=C/C[C@H](C)[C@@H](C)S(=O)(NC(=O)c2cc3n(c2)C[C@H](CN2CCOCC2)OC3)=NC(=O)c2ccc3c(c2)N(Cc2ccc(Cl)cc2CCCCO3)C[C@@H]1C. The molecule has 14 heteroatoms. The summed E-state index contributed by atoms with van der Waals surface area (Å²) in [5, 5.41) is 11.4. The molecular formula is C44H58ClN5O7S. The Morgan fingerprint density at radius 1 is 1.00 bits per heavy atom. The number of aliphatic hydroxyl groups is 1. The number of hydrogen-bond donors (Lipinski definition) is 2. The average molecular weight is 836 g/mol. The van der Waals surface area contributed by atoms with Crippen LogP contribution >= 0.6 is 11.6 Å². The molecule has 7 rings (SSSR count). The first-order valence-electron chi connectivity index (χ1n) is 20.7. The van der Waals surface area contributed by atoms with Crippen molar-refractivity contribution < 1.29 is 33.1 Å². The maximum Gasteiger partial charge on any atom is 0.286 e. The van der Waals surface area contributed by atoms with Crippen molar-refractivity contribution in [1.82, 2.24) is 14.2 Å². The summed E-state index contributed by atoms with van der Waals surface area (Å²) < 4.78 is 42.3. The lowest BCUT2D eigenvalue weighted by Crippen LogP contribution is -2.44. The lowest BCUT2D eigenvalue weighted by atomic mass is 9.89. The summed E-state index contributed by atoms with van der Waals surface area (Å²) in [7, 11) is -3.70. The molecule has 3 aromatic rings. The van der Waals surface area contributed by atoms with Crippen LogP contribution in [-0.2, 0) is 45.5 Å². The maximum absolute atomic E-state index is 15.1. The molecule has 0 spiro atoms. The zero-order valence-corrected chi connectivity index (χ0v) is 35.7. The second kappa shape index (κ2) is 18.7. The number of carbonyl (C=O) groups is 2. The summed E-state index contributed by atoms with van der Waals surface area (Å²) in [5.74, 6) is -0.979. The summed E-state index contributed by atoms with van der Waals surface area (Å²) in [4.78, 5) is 32.9. The summed E-state index contributed by atoms with van der Waals surface area (Å²) in [5.41, 5.74) is 4.39. The number of amides is 2. The zero-order valence-electron chi connectivity index (χ0n) is 34.1. The molecule has 1 saturated heterocycles. The molecule has 5 heterocycles. The van der Waals surface area contributed by atoms with Gasteiger partial charge in [0.15, 0.2) is 0 Å². The number of rotatable bonds is 4. The number of carbonyl (C=O) groups excluding carboxylic acids is 2. The molecule has 1 aromatic heterocycles. The lowest BCUT2D eigenvalue weighted by molar-refractivity contribution is -0.0376. The molecule has 1 unspecified atom stereocenters. The van der Waals surface area contributed by atoms with Gasteiger partial charge in [-0.15, -0.1) is 4.36 Å². The van der Waals surface area contributed by atoms with Crippen molar-refractivity contribution in [2.45, 2.75) is 90.5 Å². The number of fused-ring (bicyclic) bond motifs is 3. The first kappa shape index (κ1) is 42.4. The molecule has 314 valence electrons. The van der Waals surface area contributed by atoms with E-state index in [1.165, 1.54) is 0 Å². The van der Waals surface area contributed by atoms with Crippen molar-refractivity contribution in [2.24, 2.45) is 22.1 Å². The van der Waals surface area contributed by atoms with E-state index < -0.39 is 33.1 Å². The van der Waals surface area contributed by atoms with Crippen LogP contribution in [0.4, 0.5) is 5.69 Å². The van der Waals surface area contributed by atoms with Crippen molar-refractivity contribution >= 4 is 39.0 Å². The van der Waals surface area contributed by atoms with Gasteiger partial charge in [0.2, 0.25) is 0 Å². The van der Waals surface area contributed by atoms with Crippen LogP contribution in [0.5, 0.6) is 5.75 Å². The van der Waals surface area contributed by atoms with Gasteiger partial charge < -0.3 is 28.8 Å². The molecule has 4 aliphatic heterocycles. The smallest absolute Gasteiger partial charge is 0.286 e. The molecule has 2 bridgehead atoms. The number of anilines is 1. The van der Waals surface area contributed by atoms with Crippen LogP contribution in [0.25, 0.3) is 0 Å². The molecular weight excluding hydrogens is 778 g/mol. The fourth-order valence-electron chi connectivity index (χ4n) is 8.21. The third kappa shape index (κ3) is 10.00. The highest BCUT2D eigenvalue weighted by Gasteiger charge is 2.32. The average Bonchev–Trinajstić information content (AvgIpc) is 3.63. The van der Waals surface area contributed by atoms with Gasteiger partial charge in [-0.1, -0.05) is 50.6 Å². The van der Waals surface area contributed by atoms with E-state index in [1.807, 2.05) is 36.6 Å². The molecule has 2 aromatic carbocycles. The summed E-state index contributed by atoms with van der Waals surface area (Å²) in [6, 6.07) is 12.9. The largest absolute Gasteiger partial charge is 0.491 e. The Kier molecular flexibility index (Phi) is 13.7. The Morgan fingerprint density at radius 2 is 1.81 bits per heavy atom. The maximum atomic E-state index is 15.1. The van der Waals surface area contributed by atoms with Crippen LogP contribution in [0, 0.1) is 17.8 Å². The Labute approximate surface area is 348 Å². The highest BCUT2D eigenvalue weighted by Crippen LogP contribution is 2.35. The van der Waals surface area contributed by atoms with Crippen molar-refractivity contribution in [2.75, 3.05) is 50.9 Å². The first-order chi connectivity index (χ1) is 27.9. The summed E-state index contributed by atoms with van der Waals surface area (Å²) >= 11 is 6.47. The molecule has 58 heavy (non-hydrogen) atoms. The normalized spacial score (nSPS) is 29.5. The fraction of sp³-hybridized carbons (Fsp3) is 0.545. The van der Waals surface area contributed by atoms with Crippen LogP contribution in [0.1, 0.15) is 84.5 Å². The number of nitrogens with zero attached hydrogens (tertiary/aromatic N) is 4. The van der Waals surface area contributed by atoms with E-state index in [0.29, 0.717) is 74.5 Å². The molecule has 12 nitrogen and oxygen atoms in total. The zero-order chi connectivity index (χ0) is 41.0. The van der Waals surface area contributed by atoms with E-state index in [2.05, 4.69) is 31.9 Å². The fourth-order valence-corrected chi connectivity index (χ4v) is 10.3. The van der Waals surface area contributed by atoms with Crippen molar-refractivity contribution in [3.63, 3.8) is 0 Å². The molecule has 2 N–H and O–H groups in total. The van der Waals surface area contributed by atoms with Gasteiger partial charge in [0.25, 0.3) is 11.8 Å². The van der Waals surface area contributed by atoms with Crippen molar-refractivity contribution in [1.29, 1.82) is 0 Å². The van der Waals surface area contributed by atoms with Gasteiger partial charge in [-0.25, -0.2) is 4.21 Å². The summed E-state index contributed by atoms with van der Waals surface area (Å²) in [6.07, 6.45) is 7.78. The van der Waals surface area contributed by atoms with E-state index in [4.69, 9.17) is 25.8 Å². The molecule has 0 radical (unpaired) electrons. The van der Waals surface area contributed by atoms with E-state index in [1.54, 1.807) is 43.5 Å². The van der Waals surface area contributed by atoms with E-state index in [0.717, 1.165) is 55.7 Å². The Hall–Kier alpha value is -3.72. The highest BCUT2D eigenvalue weighted by atomic mass is 35.5. The van der Waals surface area contributed by atoms with Crippen LogP contribution in [-0.4, -0.2) is 94.1 Å². The third-order valence-electron chi connectivity index (χ3n) is 12.4. The van der Waals surface area contributed by atoms with Crippen LogP contribution in [0.15, 0.2) is 65.2 Å². The molecule has 1 fully saturated rings. The number of aryl methyl sites for hydroxylation is 1. The minimum atomic E-state index is -3.70. The predicted molar refractivity (Wildman–Crippen MR) is 227 cm³/mol. The van der Waals surface area contributed by atoms with E-state index >= 15 is 4.21 Å². The van der Waals surface area contributed by atoms with Gasteiger partial charge in [0.05, 0.1) is 55.1 Å². The number of morpholine rings is 1. The van der Waals surface area contributed by atoms with Gasteiger partial charge in [-0.2, -0.15) is 0 Å². The van der Waals surface area contributed by atoms with Gasteiger partial charge in [-0.3, -0.25) is 19.2 Å². The number of hydrogen-bond acceptors (Lipinski definition) is 9. The second-order valence-corrected chi connectivity index (χ2v) is 19.3. The molecule has 4 aliphatic rings. The minimum absolute atomic E-state index is 0.0390. The third-order valence-corrected chi connectivity index (χ3v) is 15.0.